The van der Waals surface area contributed by atoms with E-state index in [2.05, 4.69) is 15.6 Å². The zero-order chi connectivity index (χ0) is 17.1. The molecule has 0 saturated heterocycles. The van der Waals surface area contributed by atoms with Crippen molar-refractivity contribution in [2.45, 2.75) is 52.0 Å². The van der Waals surface area contributed by atoms with Gasteiger partial charge in [-0.05, 0) is 38.3 Å². The van der Waals surface area contributed by atoms with Crippen molar-refractivity contribution in [3.05, 3.63) is 35.0 Å². The maximum atomic E-state index is 12.4. The second kappa shape index (κ2) is 7.07. The van der Waals surface area contributed by atoms with E-state index in [1.807, 2.05) is 32.0 Å². The first-order valence-electron chi connectivity index (χ1n) is 8.71. The number of fused-ring (bicyclic) bond motifs is 1. The number of para-hydroxylation sites is 1. The van der Waals surface area contributed by atoms with E-state index in [1.165, 1.54) is 12.8 Å². The number of hydrogen-bond acceptors (Lipinski definition) is 2. The van der Waals surface area contributed by atoms with Crippen molar-refractivity contribution >= 4 is 22.7 Å². The topological polar surface area (TPSA) is 74.0 Å². The molecule has 3 N–H and O–H groups in total. The van der Waals surface area contributed by atoms with Gasteiger partial charge >= 0.3 is 0 Å². The van der Waals surface area contributed by atoms with Gasteiger partial charge in [0.25, 0.3) is 5.91 Å². The molecule has 0 aliphatic heterocycles. The molecule has 0 spiro atoms. The SMILES string of the molecule is Cc1[nH]c2c(C(=O)NCCC(=O)NC3CCCC3)cccc2c1C. The summed E-state index contributed by atoms with van der Waals surface area (Å²) in [6.07, 6.45) is 4.86. The van der Waals surface area contributed by atoms with Gasteiger partial charge in [0.15, 0.2) is 0 Å². The van der Waals surface area contributed by atoms with Gasteiger partial charge in [0.05, 0.1) is 11.1 Å². The summed E-state index contributed by atoms with van der Waals surface area (Å²) in [5, 5.41) is 6.96. The summed E-state index contributed by atoms with van der Waals surface area (Å²) < 4.78 is 0. The van der Waals surface area contributed by atoms with Crippen LogP contribution in [0.15, 0.2) is 18.2 Å². The van der Waals surface area contributed by atoms with E-state index in [4.69, 9.17) is 0 Å². The van der Waals surface area contributed by atoms with Gasteiger partial charge in [0.2, 0.25) is 5.91 Å². The Bertz CT molecular complexity index is 757. The molecule has 0 radical (unpaired) electrons. The Hall–Kier alpha value is -2.30. The standard InChI is InChI=1S/C19H25N3O2/c1-12-13(2)21-18-15(12)8-5-9-16(18)19(24)20-11-10-17(23)22-14-6-3-4-7-14/h5,8-9,14,21H,3-4,6-7,10-11H2,1-2H3,(H,20,24)(H,22,23). The molecule has 0 unspecified atom stereocenters. The Labute approximate surface area is 142 Å². The molecule has 5 heteroatoms. The molecule has 0 atom stereocenters. The second-order valence-electron chi connectivity index (χ2n) is 6.66. The van der Waals surface area contributed by atoms with Crippen molar-refractivity contribution in [2.75, 3.05) is 6.54 Å². The number of nitrogens with one attached hydrogen (secondary N) is 3. The Morgan fingerprint density at radius 1 is 1.21 bits per heavy atom. The fourth-order valence-electron chi connectivity index (χ4n) is 3.43. The average molecular weight is 327 g/mol. The highest BCUT2D eigenvalue weighted by atomic mass is 16.2. The molecular weight excluding hydrogens is 302 g/mol. The first kappa shape index (κ1) is 16.6. The summed E-state index contributed by atoms with van der Waals surface area (Å²) in [4.78, 5) is 27.6. The molecule has 1 fully saturated rings. The molecule has 1 aromatic carbocycles. The maximum absolute atomic E-state index is 12.4. The lowest BCUT2D eigenvalue weighted by Crippen LogP contribution is -2.35. The molecule has 1 saturated carbocycles. The van der Waals surface area contributed by atoms with Gasteiger partial charge in [0.1, 0.15) is 0 Å². The predicted octanol–water partition coefficient (Wildman–Crippen LogP) is 2.96. The van der Waals surface area contributed by atoms with E-state index in [0.717, 1.165) is 35.0 Å². The van der Waals surface area contributed by atoms with Crippen LogP contribution in [0.2, 0.25) is 0 Å². The molecule has 2 amide bonds. The van der Waals surface area contributed by atoms with Crippen molar-refractivity contribution in [3.8, 4) is 0 Å². The minimum atomic E-state index is -0.143. The van der Waals surface area contributed by atoms with Gasteiger partial charge in [-0.3, -0.25) is 9.59 Å². The van der Waals surface area contributed by atoms with Gasteiger partial charge in [-0.2, -0.15) is 0 Å². The predicted molar refractivity (Wildman–Crippen MR) is 95.1 cm³/mol. The number of amides is 2. The largest absolute Gasteiger partial charge is 0.358 e. The lowest BCUT2D eigenvalue weighted by atomic mass is 10.1. The zero-order valence-electron chi connectivity index (χ0n) is 14.4. The molecule has 1 aliphatic rings. The van der Waals surface area contributed by atoms with Crippen LogP contribution < -0.4 is 10.6 Å². The highest BCUT2D eigenvalue weighted by Crippen LogP contribution is 2.24. The van der Waals surface area contributed by atoms with E-state index in [-0.39, 0.29) is 11.8 Å². The van der Waals surface area contributed by atoms with Crippen LogP contribution in [0, 0.1) is 13.8 Å². The van der Waals surface area contributed by atoms with Gasteiger partial charge in [-0.25, -0.2) is 0 Å². The van der Waals surface area contributed by atoms with Crippen LogP contribution in [0.25, 0.3) is 10.9 Å². The number of benzene rings is 1. The molecule has 2 aromatic rings. The number of carbonyl (C=O) groups excluding carboxylic acids is 2. The minimum Gasteiger partial charge on any atom is -0.358 e. The molecule has 1 aliphatic carbocycles. The third-order valence-corrected chi connectivity index (χ3v) is 4.95. The summed E-state index contributed by atoms with van der Waals surface area (Å²) >= 11 is 0. The first-order valence-corrected chi connectivity index (χ1v) is 8.71. The van der Waals surface area contributed by atoms with Gasteiger partial charge in [-0.1, -0.05) is 25.0 Å². The third kappa shape index (κ3) is 3.45. The fourth-order valence-corrected chi connectivity index (χ4v) is 3.43. The van der Waals surface area contributed by atoms with Crippen molar-refractivity contribution in [2.24, 2.45) is 0 Å². The van der Waals surface area contributed by atoms with E-state index >= 15 is 0 Å². The minimum absolute atomic E-state index is 0.0203. The quantitative estimate of drug-likeness (QED) is 0.790. The number of aryl methyl sites for hydroxylation is 2. The normalized spacial score (nSPS) is 14.9. The summed E-state index contributed by atoms with van der Waals surface area (Å²) in [6.45, 7) is 4.40. The molecule has 1 heterocycles. The van der Waals surface area contributed by atoms with Crippen molar-refractivity contribution in [1.82, 2.24) is 15.6 Å². The van der Waals surface area contributed by atoms with Crippen molar-refractivity contribution in [3.63, 3.8) is 0 Å². The lowest BCUT2D eigenvalue weighted by Gasteiger charge is -2.12. The summed E-state index contributed by atoms with van der Waals surface area (Å²) in [5.74, 6) is -0.123. The van der Waals surface area contributed by atoms with Crippen LogP contribution in [0.4, 0.5) is 0 Å². The number of hydrogen-bond donors (Lipinski definition) is 3. The van der Waals surface area contributed by atoms with Crippen LogP contribution in [0.1, 0.15) is 53.7 Å². The smallest absolute Gasteiger partial charge is 0.253 e. The van der Waals surface area contributed by atoms with Crippen LogP contribution in [0.5, 0.6) is 0 Å². The molecule has 24 heavy (non-hydrogen) atoms. The monoisotopic (exact) mass is 327 g/mol. The number of rotatable bonds is 5. The van der Waals surface area contributed by atoms with E-state index in [9.17, 15) is 9.59 Å². The molecule has 0 bridgehead atoms. The number of carbonyl (C=O) groups is 2. The zero-order valence-corrected chi connectivity index (χ0v) is 14.4. The molecule has 128 valence electrons. The van der Waals surface area contributed by atoms with Crippen LogP contribution in [0.3, 0.4) is 0 Å². The molecule has 5 nitrogen and oxygen atoms in total. The highest BCUT2D eigenvalue weighted by Gasteiger charge is 2.17. The van der Waals surface area contributed by atoms with Crippen molar-refractivity contribution < 1.29 is 9.59 Å². The lowest BCUT2D eigenvalue weighted by molar-refractivity contribution is -0.121. The number of H-pyrrole nitrogens is 1. The summed E-state index contributed by atoms with van der Waals surface area (Å²) in [5.41, 5.74) is 3.72. The van der Waals surface area contributed by atoms with Crippen LogP contribution in [-0.2, 0) is 4.79 Å². The maximum Gasteiger partial charge on any atom is 0.253 e. The van der Waals surface area contributed by atoms with Gasteiger partial charge in [0, 0.05) is 30.1 Å². The Morgan fingerprint density at radius 2 is 1.96 bits per heavy atom. The third-order valence-electron chi connectivity index (χ3n) is 4.95. The molecule has 3 rings (SSSR count). The summed E-state index contributed by atoms with van der Waals surface area (Å²) in [6, 6.07) is 6.04. The molecule has 1 aromatic heterocycles. The van der Waals surface area contributed by atoms with E-state index < -0.39 is 0 Å². The molecular formula is C19H25N3O2. The van der Waals surface area contributed by atoms with Gasteiger partial charge < -0.3 is 15.6 Å². The average Bonchev–Trinajstić information content (AvgIpc) is 3.16. The fraction of sp³-hybridized carbons (Fsp3) is 0.474. The number of aromatic nitrogens is 1. The Kier molecular flexibility index (Phi) is 4.88. The highest BCUT2D eigenvalue weighted by molar-refractivity contribution is 6.06. The van der Waals surface area contributed by atoms with E-state index in [0.29, 0.717) is 24.6 Å². The summed E-state index contributed by atoms with van der Waals surface area (Å²) in [7, 11) is 0. The Morgan fingerprint density at radius 3 is 2.71 bits per heavy atom. The van der Waals surface area contributed by atoms with Crippen LogP contribution in [-0.4, -0.2) is 29.4 Å². The van der Waals surface area contributed by atoms with Crippen molar-refractivity contribution in [1.29, 1.82) is 0 Å². The van der Waals surface area contributed by atoms with E-state index in [1.54, 1.807) is 0 Å². The Balaban J connectivity index is 1.57. The number of aromatic amines is 1. The van der Waals surface area contributed by atoms with Crippen LogP contribution >= 0.6 is 0 Å². The second-order valence-corrected chi connectivity index (χ2v) is 6.66. The first-order chi connectivity index (χ1) is 11.6. The van der Waals surface area contributed by atoms with Gasteiger partial charge in [-0.15, -0.1) is 0 Å².